The first-order valence-electron chi connectivity index (χ1n) is 6.29. The molecule has 2 amide bonds. The SMILES string of the molecule is CNC(=O)CCN(C)c1cc2c(cc1N)OCC(=O)N2. The highest BCUT2D eigenvalue weighted by Crippen LogP contribution is 2.36. The zero-order valence-corrected chi connectivity index (χ0v) is 11.5. The summed E-state index contributed by atoms with van der Waals surface area (Å²) in [5.41, 5.74) is 7.87. The molecule has 7 nitrogen and oxygen atoms in total. The van der Waals surface area contributed by atoms with Gasteiger partial charge in [-0.1, -0.05) is 0 Å². The molecular weight excluding hydrogens is 260 g/mol. The topological polar surface area (TPSA) is 96.7 Å². The molecule has 0 aromatic heterocycles. The molecule has 0 fully saturated rings. The number of fused-ring (bicyclic) bond motifs is 1. The van der Waals surface area contributed by atoms with Gasteiger partial charge in [-0.05, 0) is 6.07 Å². The van der Waals surface area contributed by atoms with Crippen molar-refractivity contribution in [3.63, 3.8) is 0 Å². The van der Waals surface area contributed by atoms with Crippen LogP contribution < -0.4 is 26.0 Å². The van der Waals surface area contributed by atoms with Gasteiger partial charge in [-0.15, -0.1) is 0 Å². The van der Waals surface area contributed by atoms with E-state index in [0.29, 0.717) is 30.1 Å². The van der Waals surface area contributed by atoms with Crippen molar-refractivity contribution in [2.24, 2.45) is 0 Å². The molecule has 0 bridgehead atoms. The van der Waals surface area contributed by atoms with Crippen molar-refractivity contribution >= 4 is 28.9 Å². The lowest BCUT2D eigenvalue weighted by molar-refractivity contribution is -0.120. The summed E-state index contributed by atoms with van der Waals surface area (Å²) in [7, 11) is 3.44. The molecule has 0 saturated heterocycles. The highest BCUT2D eigenvalue weighted by atomic mass is 16.5. The zero-order valence-electron chi connectivity index (χ0n) is 11.5. The van der Waals surface area contributed by atoms with Gasteiger partial charge in [0, 0.05) is 33.1 Å². The van der Waals surface area contributed by atoms with Gasteiger partial charge in [0.2, 0.25) is 5.91 Å². The summed E-state index contributed by atoms with van der Waals surface area (Å²) in [5.74, 6) is 0.330. The Balaban J connectivity index is 2.17. The first-order valence-corrected chi connectivity index (χ1v) is 6.29. The van der Waals surface area contributed by atoms with Gasteiger partial charge in [-0.3, -0.25) is 9.59 Å². The third-order valence-electron chi connectivity index (χ3n) is 3.13. The van der Waals surface area contributed by atoms with Crippen LogP contribution in [0.1, 0.15) is 6.42 Å². The maximum absolute atomic E-state index is 11.3. The van der Waals surface area contributed by atoms with Gasteiger partial charge in [0.1, 0.15) is 5.75 Å². The number of carbonyl (C=O) groups is 2. The number of nitrogens with zero attached hydrogens (tertiary/aromatic N) is 1. The van der Waals surface area contributed by atoms with E-state index in [0.717, 1.165) is 5.69 Å². The highest BCUT2D eigenvalue weighted by molar-refractivity contribution is 5.97. The second-order valence-electron chi connectivity index (χ2n) is 4.59. The number of nitrogen functional groups attached to an aromatic ring is 1. The van der Waals surface area contributed by atoms with E-state index >= 15 is 0 Å². The maximum Gasteiger partial charge on any atom is 0.262 e. The minimum absolute atomic E-state index is 0.00169. The molecule has 4 N–H and O–H groups in total. The van der Waals surface area contributed by atoms with E-state index < -0.39 is 0 Å². The van der Waals surface area contributed by atoms with Crippen LogP contribution in [0, 0.1) is 0 Å². The Morgan fingerprint density at radius 2 is 2.30 bits per heavy atom. The third kappa shape index (κ3) is 2.93. The van der Waals surface area contributed by atoms with Crippen LogP contribution in [0.3, 0.4) is 0 Å². The summed E-state index contributed by atoms with van der Waals surface area (Å²) in [4.78, 5) is 24.4. The first kappa shape index (κ1) is 14.0. The predicted molar refractivity (Wildman–Crippen MR) is 76.9 cm³/mol. The Hall–Kier alpha value is -2.44. The van der Waals surface area contributed by atoms with Gasteiger partial charge in [0.15, 0.2) is 6.61 Å². The van der Waals surface area contributed by atoms with Crippen molar-refractivity contribution in [2.75, 3.05) is 43.2 Å². The van der Waals surface area contributed by atoms with Gasteiger partial charge in [-0.2, -0.15) is 0 Å². The fraction of sp³-hybridized carbons (Fsp3) is 0.385. The number of ether oxygens (including phenoxy) is 1. The van der Waals surface area contributed by atoms with E-state index in [-0.39, 0.29) is 18.4 Å². The number of hydrogen-bond donors (Lipinski definition) is 3. The molecule has 1 aromatic rings. The number of benzene rings is 1. The standard InChI is InChI=1S/C13H18N4O3/c1-15-12(18)3-4-17(2)10-6-9-11(5-8(10)14)20-7-13(19)16-9/h5-6H,3-4,7,14H2,1-2H3,(H,15,18)(H,16,19). The summed E-state index contributed by atoms with van der Waals surface area (Å²) in [5, 5.41) is 5.30. The lowest BCUT2D eigenvalue weighted by atomic mass is 10.2. The molecule has 1 aliphatic rings. The number of rotatable bonds is 4. The monoisotopic (exact) mass is 278 g/mol. The van der Waals surface area contributed by atoms with Gasteiger partial charge in [0.25, 0.3) is 5.91 Å². The molecule has 0 radical (unpaired) electrons. The number of carbonyl (C=O) groups excluding carboxylic acids is 2. The van der Waals surface area contributed by atoms with Gasteiger partial charge in [0.05, 0.1) is 17.1 Å². The Morgan fingerprint density at radius 1 is 1.55 bits per heavy atom. The van der Waals surface area contributed by atoms with Crippen LogP contribution in [0.2, 0.25) is 0 Å². The van der Waals surface area contributed by atoms with Crippen LogP contribution >= 0.6 is 0 Å². The smallest absolute Gasteiger partial charge is 0.262 e. The normalized spacial score (nSPS) is 13.0. The van der Waals surface area contributed by atoms with Crippen LogP contribution in [0.15, 0.2) is 12.1 Å². The van der Waals surface area contributed by atoms with E-state index in [9.17, 15) is 9.59 Å². The first-order chi connectivity index (χ1) is 9.51. The van der Waals surface area contributed by atoms with Crippen LogP contribution in [-0.4, -0.2) is 39.1 Å². The molecule has 108 valence electrons. The van der Waals surface area contributed by atoms with E-state index in [4.69, 9.17) is 10.5 Å². The fourth-order valence-electron chi connectivity index (χ4n) is 1.98. The third-order valence-corrected chi connectivity index (χ3v) is 3.13. The number of hydrogen-bond acceptors (Lipinski definition) is 5. The van der Waals surface area contributed by atoms with Gasteiger partial charge in [-0.25, -0.2) is 0 Å². The maximum atomic E-state index is 11.3. The van der Waals surface area contributed by atoms with E-state index in [2.05, 4.69) is 10.6 Å². The Labute approximate surface area is 117 Å². The van der Waals surface area contributed by atoms with E-state index in [1.54, 1.807) is 19.2 Å². The van der Waals surface area contributed by atoms with Crippen molar-refractivity contribution < 1.29 is 14.3 Å². The lowest BCUT2D eigenvalue weighted by Gasteiger charge is -2.25. The minimum Gasteiger partial charge on any atom is -0.482 e. The van der Waals surface area contributed by atoms with Crippen molar-refractivity contribution in [1.82, 2.24) is 5.32 Å². The summed E-state index contributed by atoms with van der Waals surface area (Å²) < 4.78 is 5.29. The number of amides is 2. The number of nitrogens with one attached hydrogen (secondary N) is 2. The molecular formula is C13H18N4O3. The summed E-state index contributed by atoms with van der Waals surface area (Å²) >= 11 is 0. The molecule has 0 saturated carbocycles. The quantitative estimate of drug-likeness (QED) is 0.682. The molecule has 0 aliphatic carbocycles. The second kappa shape index (κ2) is 5.68. The minimum atomic E-state index is -0.193. The van der Waals surface area contributed by atoms with Crippen LogP contribution in [0.5, 0.6) is 5.75 Å². The summed E-state index contributed by atoms with van der Waals surface area (Å²) in [6.07, 6.45) is 0.367. The largest absolute Gasteiger partial charge is 0.482 e. The Bertz CT molecular complexity index is 545. The molecule has 1 heterocycles. The average molecular weight is 278 g/mol. The molecule has 0 unspecified atom stereocenters. The number of nitrogens with two attached hydrogens (primary N) is 1. The molecule has 1 aliphatic heterocycles. The lowest BCUT2D eigenvalue weighted by Crippen LogP contribution is -2.28. The molecule has 1 aromatic carbocycles. The fourth-order valence-corrected chi connectivity index (χ4v) is 1.98. The Kier molecular flexibility index (Phi) is 3.97. The molecule has 0 atom stereocenters. The van der Waals surface area contributed by atoms with E-state index in [1.807, 2.05) is 11.9 Å². The summed E-state index contributed by atoms with van der Waals surface area (Å²) in [6, 6.07) is 3.44. The zero-order chi connectivity index (χ0) is 14.7. The van der Waals surface area contributed by atoms with Crippen LogP contribution in [0.25, 0.3) is 0 Å². The van der Waals surface area contributed by atoms with Crippen LogP contribution in [-0.2, 0) is 9.59 Å². The van der Waals surface area contributed by atoms with Gasteiger partial charge < -0.3 is 26.0 Å². The van der Waals surface area contributed by atoms with Crippen molar-refractivity contribution in [1.29, 1.82) is 0 Å². The van der Waals surface area contributed by atoms with Crippen molar-refractivity contribution in [2.45, 2.75) is 6.42 Å². The van der Waals surface area contributed by atoms with Crippen molar-refractivity contribution in [3.8, 4) is 5.75 Å². The average Bonchev–Trinajstić information content (AvgIpc) is 2.44. The van der Waals surface area contributed by atoms with Crippen molar-refractivity contribution in [3.05, 3.63) is 12.1 Å². The highest BCUT2D eigenvalue weighted by Gasteiger charge is 2.19. The van der Waals surface area contributed by atoms with Gasteiger partial charge >= 0.3 is 0 Å². The Morgan fingerprint density at radius 3 is 3.00 bits per heavy atom. The summed E-state index contributed by atoms with van der Waals surface area (Å²) in [6.45, 7) is 0.524. The molecule has 7 heteroatoms. The number of anilines is 3. The second-order valence-corrected chi connectivity index (χ2v) is 4.59. The van der Waals surface area contributed by atoms with Crippen LogP contribution in [0.4, 0.5) is 17.1 Å². The molecule has 2 rings (SSSR count). The molecule has 0 spiro atoms. The van der Waals surface area contributed by atoms with E-state index in [1.165, 1.54) is 0 Å². The predicted octanol–water partition coefficient (Wildman–Crippen LogP) is 0.172. The molecule has 20 heavy (non-hydrogen) atoms.